The third kappa shape index (κ3) is 3.77. The van der Waals surface area contributed by atoms with Crippen molar-refractivity contribution in [2.75, 3.05) is 13.1 Å². The topological polar surface area (TPSA) is 46.3 Å². The van der Waals surface area contributed by atoms with E-state index in [0.717, 1.165) is 0 Å². The van der Waals surface area contributed by atoms with Gasteiger partial charge >= 0.3 is 12.4 Å². The number of nitrogens with zero attached hydrogens (tertiary/aromatic N) is 1. The van der Waals surface area contributed by atoms with E-state index in [4.69, 9.17) is 5.73 Å². The van der Waals surface area contributed by atoms with Crippen molar-refractivity contribution >= 4 is 5.91 Å². The molecule has 1 fully saturated rings. The summed E-state index contributed by atoms with van der Waals surface area (Å²) in [7, 11) is 0. The fourth-order valence-corrected chi connectivity index (χ4v) is 2.31. The minimum Gasteiger partial charge on any atom is -0.339 e. The van der Waals surface area contributed by atoms with Gasteiger partial charge in [0.15, 0.2) is 0 Å². The lowest BCUT2D eigenvalue weighted by molar-refractivity contribution is -0.278. The second-order valence-electron chi connectivity index (χ2n) is 5.03. The van der Waals surface area contributed by atoms with Crippen LogP contribution in [0.15, 0.2) is 0 Å². The van der Waals surface area contributed by atoms with Crippen molar-refractivity contribution in [2.45, 2.75) is 38.2 Å². The minimum atomic E-state index is -5.65. The van der Waals surface area contributed by atoms with Crippen molar-refractivity contribution < 1.29 is 31.1 Å². The summed E-state index contributed by atoms with van der Waals surface area (Å²) in [6.45, 7) is 1.40. The molecule has 0 aromatic rings. The molecule has 1 amide bonds. The van der Waals surface area contributed by atoms with Crippen LogP contribution in [0.25, 0.3) is 0 Å². The Kier molecular flexibility index (Phi) is 4.94. The number of rotatable bonds is 2. The molecular formula is C11H16F6N2O. The highest BCUT2D eigenvalue weighted by atomic mass is 19.4. The van der Waals surface area contributed by atoms with Gasteiger partial charge < -0.3 is 10.6 Å². The van der Waals surface area contributed by atoms with Crippen molar-refractivity contribution in [1.29, 1.82) is 0 Å². The zero-order chi connectivity index (χ0) is 15.7. The molecule has 1 aliphatic rings. The van der Waals surface area contributed by atoms with Crippen LogP contribution >= 0.6 is 0 Å². The van der Waals surface area contributed by atoms with Crippen molar-refractivity contribution in [2.24, 2.45) is 17.6 Å². The first-order valence-electron chi connectivity index (χ1n) is 6.12. The molecule has 1 heterocycles. The Morgan fingerprint density at radius 2 is 1.70 bits per heavy atom. The van der Waals surface area contributed by atoms with Crippen molar-refractivity contribution in [3.8, 4) is 0 Å². The summed E-state index contributed by atoms with van der Waals surface area (Å²) in [6, 6.07) is -0.655. The maximum atomic E-state index is 12.5. The smallest absolute Gasteiger partial charge is 0.339 e. The molecule has 9 heteroatoms. The van der Waals surface area contributed by atoms with Crippen molar-refractivity contribution in [3.05, 3.63) is 0 Å². The normalized spacial score (nSPS) is 25.1. The van der Waals surface area contributed by atoms with Crippen LogP contribution in [0, 0.1) is 11.8 Å². The zero-order valence-corrected chi connectivity index (χ0v) is 10.8. The average molecular weight is 306 g/mol. The summed E-state index contributed by atoms with van der Waals surface area (Å²) in [5, 5.41) is 0. The van der Waals surface area contributed by atoms with Crippen LogP contribution in [0.3, 0.4) is 0 Å². The van der Waals surface area contributed by atoms with Gasteiger partial charge in [0.25, 0.3) is 0 Å². The van der Waals surface area contributed by atoms with E-state index in [9.17, 15) is 31.1 Å². The zero-order valence-electron chi connectivity index (χ0n) is 10.8. The maximum absolute atomic E-state index is 12.5. The van der Waals surface area contributed by atoms with Crippen LogP contribution in [0.1, 0.15) is 19.8 Å². The highest BCUT2D eigenvalue weighted by Gasteiger charge is 2.62. The number of likely N-dealkylation sites (tertiary alicyclic amines) is 1. The van der Waals surface area contributed by atoms with Crippen LogP contribution in [0.4, 0.5) is 26.3 Å². The Bertz CT molecular complexity index is 340. The molecule has 0 aromatic heterocycles. The number of hydrogen-bond acceptors (Lipinski definition) is 2. The molecule has 0 saturated carbocycles. The number of alkyl halides is 6. The average Bonchev–Trinajstić information content (AvgIpc) is 2.25. The van der Waals surface area contributed by atoms with Gasteiger partial charge in [-0.1, -0.05) is 0 Å². The third-order valence-corrected chi connectivity index (χ3v) is 3.50. The first kappa shape index (κ1) is 17.1. The van der Waals surface area contributed by atoms with Gasteiger partial charge in [0.1, 0.15) is 0 Å². The van der Waals surface area contributed by atoms with Gasteiger partial charge in [-0.05, 0) is 32.2 Å². The highest BCUT2D eigenvalue weighted by Crippen LogP contribution is 2.41. The van der Waals surface area contributed by atoms with Gasteiger partial charge in [-0.3, -0.25) is 4.79 Å². The molecule has 2 N–H and O–H groups in total. The predicted molar refractivity (Wildman–Crippen MR) is 58.6 cm³/mol. The lowest BCUT2D eigenvalue weighted by Crippen LogP contribution is -2.55. The number of carbonyl (C=O) groups is 1. The Hall–Kier alpha value is -0.990. The molecule has 1 rings (SSSR count). The number of piperidine rings is 1. The van der Waals surface area contributed by atoms with Crippen molar-refractivity contribution in [1.82, 2.24) is 4.90 Å². The van der Waals surface area contributed by atoms with Crippen LogP contribution in [-0.2, 0) is 4.79 Å². The molecular weight excluding hydrogens is 290 g/mol. The van der Waals surface area contributed by atoms with Crippen molar-refractivity contribution in [3.63, 3.8) is 0 Å². The lowest BCUT2D eigenvalue weighted by Gasteiger charge is -2.40. The molecule has 20 heavy (non-hydrogen) atoms. The first-order chi connectivity index (χ1) is 8.98. The van der Waals surface area contributed by atoms with Gasteiger partial charge in [0, 0.05) is 12.6 Å². The molecule has 118 valence electrons. The predicted octanol–water partition coefficient (Wildman–Crippen LogP) is 2.31. The quantitative estimate of drug-likeness (QED) is 0.796. The monoisotopic (exact) mass is 306 g/mol. The number of amides is 1. The van der Waals surface area contributed by atoms with Crippen LogP contribution in [-0.4, -0.2) is 42.3 Å². The number of halogens is 6. The minimum absolute atomic E-state index is 0.124. The fraction of sp³-hybridized carbons (Fsp3) is 0.909. The van der Waals surface area contributed by atoms with Crippen LogP contribution in [0.5, 0.6) is 0 Å². The van der Waals surface area contributed by atoms with Gasteiger partial charge in [0.2, 0.25) is 11.8 Å². The molecule has 2 atom stereocenters. The molecule has 0 aliphatic carbocycles. The number of nitrogens with two attached hydrogens (primary N) is 1. The molecule has 0 bridgehead atoms. The second-order valence-corrected chi connectivity index (χ2v) is 5.03. The van der Waals surface area contributed by atoms with Gasteiger partial charge in [-0.2, -0.15) is 26.3 Å². The third-order valence-electron chi connectivity index (χ3n) is 3.50. The van der Waals surface area contributed by atoms with E-state index in [1.807, 2.05) is 0 Å². The summed E-state index contributed by atoms with van der Waals surface area (Å²) in [6.07, 6.45) is -10.4. The summed E-state index contributed by atoms with van der Waals surface area (Å²) < 4.78 is 75.2. The summed E-state index contributed by atoms with van der Waals surface area (Å²) in [4.78, 5) is 12.4. The van der Waals surface area contributed by atoms with E-state index < -0.39 is 30.2 Å². The van der Waals surface area contributed by atoms with Gasteiger partial charge in [0.05, 0.1) is 0 Å². The Labute approximate surface area is 112 Å². The van der Waals surface area contributed by atoms with E-state index in [1.54, 1.807) is 0 Å². The van der Waals surface area contributed by atoms with Crippen LogP contribution < -0.4 is 5.73 Å². The first-order valence-corrected chi connectivity index (χ1v) is 6.12. The Morgan fingerprint density at radius 3 is 2.10 bits per heavy atom. The number of carbonyl (C=O) groups excluding carboxylic acids is 1. The highest BCUT2D eigenvalue weighted by molar-refractivity contribution is 5.80. The van der Waals surface area contributed by atoms with E-state index in [1.165, 1.54) is 6.92 Å². The molecule has 0 spiro atoms. The molecule has 1 saturated heterocycles. The molecule has 3 nitrogen and oxygen atoms in total. The summed E-state index contributed by atoms with van der Waals surface area (Å²) >= 11 is 0. The number of hydrogen-bond donors (Lipinski definition) is 1. The Balaban J connectivity index is 3.00. The maximum Gasteiger partial charge on any atom is 0.409 e. The summed E-state index contributed by atoms with van der Waals surface area (Å²) in [5.74, 6) is -6.16. The lowest BCUT2D eigenvalue weighted by atomic mass is 9.92. The Morgan fingerprint density at radius 1 is 1.20 bits per heavy atom. The van der Waals surface area contributed by atoms with E-state index in [-0.39, 0.29) is 19.0 Å². The van der Waals surface area contributed by atoms with E-state index >= 15 is 0 Å². The van der Waals surface area contributed by atoms with Gasteiger partial charge in [-0.15, -0.1) is 0 Å². The molecule has 0 radical (unpaired) electrons. The largest absolute Gasteiger partial charge is 0.409 e. The van der Waals surface area contributed by atoms with E-state index in [0.29, 0.717) is 17.7 Å². The SMILES string of the molecule is CC1CCC(CN)CN1C(=O)C(C(F)(F)F)C(F)(F)F. The molecule has 0 aromatic carbocycles. The standard InChI is InChI=1S/C11H16F6N2O/c1-6-2-3-7(4-18)5-19(6)9(20)8(10(12,13)14)11(15,16)17/h6-8H,2-5,18H2,1H3. The molecule has 2 unspecified atom stereocenters. The molecule has 1 aliphatic heterocycles. The fourth-order valence-electron chi connectivity index (χ4n) is 2.31. The van der Waals surface area contributed by atoms with E-state index in [2.05, 4.69) is 0 Å². The second kappa shape index (κ2) is 5.79. The summed E-state index contributed by atoms with van der Waals surface area (Å²) in [5.41, 5.74) is 5.38. The van der Waals surface area contributed by atoms with Gasteiger partial charge in [-0.25, -0.2) is 0 Å². The van der Waals surface area contributed by atoms with Crippen LogP contribution in [0.2, 0.25) is 0 Å².